The lowest BCUT2D eigenvalue weighted by Gasteiger charge is -2.26. The van der Waals surface area contributed by atoms with E-state index in [4.69, 9.17) is 10.3 Å². The van der Waals surface area contributed by atoms with Gasteiger partial charge < -0.3 is 10.3 Å². The highest BCUT2D eigenvalue weighted by atomic mass is 16.5. The maximum Gasteiger partial charge on any atom is 0.226 e. The van der Waals surface area contributed by atoms with Crippen LogP contribution in [0.4, 0.5) is 0 Å². The Labute approximate surface area is 119 Å². The molecule has 0 saturated heterocycles. The van der Waals surface area contributed by atoms with Crippen molar-refractivity contribution in [3.63, 3.8) is 0 Å². The van der Waals surface area contributed by atoms with Crippen LogP contribution in [0.25, 0.3) is 0 Å². The number of fused-ring (bicyclic) bond motifs is 1. The summed E-state index contributed by atoms with van der Waals surface area (Å²) in [4.78, 5) is 4.53. The minimum absolute atomic E-state index is 0.609. The van der Waals surface area contributed by atoms with Crippen LogP contribution in [0.15, 0.2) is 28.8 Å². The van der Waals surface area contributed by atoms with Gasteiger partial charge in [-0.1, -0.05) is 42.8 Å². The molecule has 2 aromatic rings. The van der Waals surface area contributed by atoms with E-state index in [0.29, 0.717) is 11.7 Å². The average Bonchev–Trinajstić information content (AvgIpc) is 2.86. The van der Waals surface area contributed by atoms with Crippen molar-refractivity contribution in [1.29, 1.82) is 0 Å². The number of benzene rings is 1. The molecule has 1 heterocycles. The molecule has 0 bridgehead atoms. The summed E-state index contributed by atoms with van der Waals surface area (Å²) >= 11 is 0. The summed E-state index contributed by atoms with van der Waals surface area (Å²) in [5.74, 6) is 1.32. The summed E-state index contributed by atoms with van der Waals surface area (Å²) < 4.78 is 5.34. The molecule has 4 heteroatoms. The minimum atomic E-state index is -0.609. The second-order valence-corrected chi connectivity index (χ2v) is 5.60. The third-order valence-electron chi connectivity index (χ3n) is 4.10. The first-order valence-electron chi connectivity index (χ1n) is 7.44. The van der Waals surface area contributed by atoms with Crippen LogP contribution in [0, 0.1) is 0 Å². The Kier molecular flexibility index (Phi) is 3.57. The molecule has 1 aromatic carbocycles. The molecule has 2 N–H and O–H groups in total. The van der Waals surface area contributed by atoms with Crippen LogP contribution in [-0.2, 0) is 18.4 Å². The molecule has 0 radical (unpaired) electrons. The Bertz CT molecular complexity index is 593. The smallest absolute Gasteiger partial charge is 0.226 e. The number of nitrogens with zero attached hydrogens (tertiary/aromatic N) is 2. The molecule has 1 aliphatic rings. The van der Waals surface area contributed by atoms with E-state index in [1.165, 1.54) is 5.56 Å². The number of hydrogen-bond donors (Lipinski definition) is 1. The lowest BCUT2D eigenvalue weighted by molar-refractivity contribution is 0.354. The molecule has 0 aliphatic heterocycles. The SMILES string of the molecule is CCCc1nc(C2(N)CCCCc3ccccc32)no1. The largest absolute Gasteiger partial charge is 0.339 e. The quantitative estimate of drug-likeness (QED) is 0.872. The third kappa shape index (κ3) is 2.24. The summed E-state index contributed by atoms with van der Waals surface area (Å²) in [5.41, 5.74) is 8.58. The highest BCUT2D eigenvalue weighted by molar-refractivity contribution is 5.39. The Hall–Kier alpha value is -1.68. The fourth-order valence-corrected chi connectivity index (χ4v) is 3.01. The molecular weight excluding hydrogens is 250 g/mol. The zero-order valence-corrected chi connectivity index (χ0v) is 11.9. The first kappa shape index (κ1) is 13.3. The Morgan fingerprint density at radius 3 is 3.00 bits per heavy atom. The van der Waals surface area contributed by atoms with Gasteiger partial charge in [-0.05, 0) is 36.8 Å². The molecule has 0 fully saturated rings. The van der Waals surface area contributed by atoms with E-state index in [1.54, 1.807) is 0 Å². The van der Waals surface area contributed by atoms with Crippen molar-refractivity contribution in [2.24, 2.45) is 5.73 Å². The summed E-state index contributed by atoms with van der Waals surface area (Å²) in [5, 5.41) is 4.16. The molecule has 4 nitrogen and oxygen atoms in total. The summed E-state index contributed by atoms with van der Waals surface area (Å²) in [7, 11) is 0. The van der Waals surface area contributed by atoms with Crippen LogP contribution in [0.1, 0.15) is 55.4 Å². The fourth-order valence-electron chi connectivity index (χ4n) is 3.01. The molecule has 1 unspecified atom stereocenters. The van der Waals surface area contributed by atoms with Crippen molar-refractivity contribution in [3.05, 3.63) is 47.1 Å². The Morgan fingerprint density at radius 1 is 1.30 bits per heavy atom. The van der Waals surface area contributed by atoms with E-state index in [-0.39, 0.29) is 0 Å². The summed E-state index contributed by atoms with van der Waals surface area (Å²) in [6, 6.07) is 8.38. The van der Waals surface area contributed by atoms with Gasteiger partial charge in [-0.2, -0.15) is 4.98 Å². The zero-order valence-electron chi connectivity index (χ0n) is 11.9. The van der Waals surface area contributed by atoms with E-state index < -0.39 is 5.54 Å². The highest BCUT2D eigenvalue weighted by Crippen LogP contribution is 2.36. The topological polar surface area (TPSA) is 64.9 Å². The molecule has 0 spiro atoms. The predicted octanol–water partition coefficient (Wildman–Crippen LogP) is 2.95. The molecule has 1 atom stereocenters. The van der Waals surface area contributed by atoms with Gasteiger partial charge in [-0.25, -0.2) is 0 Å². The molecule has 1 aliphatic carbocycles. The van der Waals surface area contributed by atoms with Gasteiger partial charge in [0.2, 0.25) is 5.89 Å². The molecule has 0 amide bonds. The highest BCUT2D eigenvalue weighted by Gasteiger charge is 2.37. The van der Waals surface area contributed by atoms with Crippen molar-refractivity contribution in [2.75, 3.05) is 0 Å². The lowest BCUT2D eigenvalue weighted by Crippen LogP contribution is -2.39. The number of nitrogens with two attached hydrogens (primary N) is 1. The van der Waals surface area contributed by atoms with Crippen molar-refractivity contribution in [2.45, 2.75) is 51.0 Å². The van der Waals surface area contributed by atoms with Crippen molar-refractivity contribution >= 4 is 0 Å². The first-order chi connectivity index (χ1) is 9.74. The van der Waals surface area contributed by atoms with Crippen LogP contribution in [-0.4, -0.2) is 10.1 Å². The zero-order chi connectivity index (χ0) is 14.0. The van der Waals surface area contributed by atoms with Gasteiger partial charge in [0, 0.05) is 6.42 Å². The Morgan fingerprint density at radius 2 is 2.15 bits per heavy atom. The molecular formula is C16H21N3O. The maximum absolute atomic E-state index is 6.72. The van der Waals surface area contributed by atoms with Gasteiger partial charge in [-0.15, -0.1) is 0 Å². The van der Waals surface area contributed by atoms with Gasteiger partial charge >= 0.3 is 0 Å². The normalized spacial score (nSPS) is 22.3. The van der Waals surface area contributed by atoms with Crippen molar-refractivity contribution in [1.82, 2.24) is 10.1 Å². The predicted molar refractivity (Wildman–Crippen MR) is 77.3 cm³/mol. The van der Waals surface area contributed by atoms with E-state index in [9.17, 15) is 0 Å². The van der Waals surface area contributed by atoms with Crippen LogP contribution < -0.4 is 5.73 Å². The van der Waals surface area contributed by atoms with E-state index in [0.717, 1.165) is 44.1 Å². The van der Waals surface area contributed by atoms with Crippen LogP contribution in [0.5, 0.6) is 0 Å². The minimum Gasteiger partial charge on any atom is -0.339 e. The van der Waals surface area contributed by atoms with Gasteiger partial charge in [0.25, 0.3) is 0 Å². The van der Waals surface area contributed by atoms with E-state index >= 15 is 0 Å². The average molecular weight is 271 g/mol. The van der Waals surface area contributed by atoms with E-state index in [1.807, 2.05) is 6.07 Å². The van der Waals surface area contributed by atoms with Gasteiger partial charge in [0.1, 0.15) is 5.54 Å². The number of aromatic nitrogens is 2. The number of aryl methyl sites for hydroxylation is 2. The molecule has 1 aromatic heterocycles. The monoisotopic (exact) mass is 271 g/mol. The molecule has 0 saturated carbocycles. The van der Waals surface area contributed by atoms with E-state index in [2.05, 4.69) is 35.3 Å². The molecule has 20 heavy (non-hydrogen) atoms. The van der Waals surface area contributed by atoms with Crippen LogP contribution >= 0.6 is 0 Å². The van der Waals surface area contributed by atoms with Crippen LogP contribution in [0.3, 0.4) is 0 Å². The third-order valence-corrected chi connectivity index (χ3v) is 4.10. The lowest BCUT2D eigenvalue weighted by atomic mass is 9.85. The van der Waals surface area contributed by atoms with Gasteiger partial charge in [0.05, 0.1) is 0 Å². The Balaban J connectivity index is 2.05. The van der Waals surface area contributed by atoms with Crippen molar-refractivity contribution < 1.29 is 4.52 Å². The second kappa shape index (κ2) is 5.37. The fraction of sp³-hybridized carbons (Fsp3) is 0.500. The number of hydrogen-bond acceptors (Lipinski definition) is 4. The molecule has 3 rings (SSSR count). The van der Waals surface area contributed by atoms with Gasteiger partial charge in [0.15, 0.2) is 5.82 Å². The van der Waals surface area contributed by atoms with Crippen molar-refractivity contribution in [3.8, 4) is 0 Å². The second-order valence-electron chi connectivity index (χ2n) is 5.60. The standard InChI is InChI=1S/C16H21N3O/c1-2-7-14-18-15(19-20-14)16(17)11-6-5-9-12-8-3-4-10-13(12)16/h3-4,8,10H,2,5-7,9,11,17H2,1H3. The van der Waals surface area contributed by atoms with Crippen LogP contribution in [0.2, 0.25) is 0 Å². The maximum atomic E-state index is 6.72. The first-order valence-corrected chi connectivity index (χ1v) is 7.44. The summed E-state index contributed by atoms with van der Waals surface area (Å²) in [6.45, 7) is 2.10. The number of rotatable bonds is 3. The molecule has 106 valence electrons. The summed E-state index contributed by atoms with van der Waals surface area (Å²) in [6.07, 6.45) is 6.00. The van der Waals surface area contributed by atoms with Gasteiger partial charge in [-0.3, -0.25) is 0 Å².